The highest BCUT2D eigenvalue weighted by Gasteiger charge is 2.44. The number of aromatic amines is 1. The van der Waals surface area contributed by atoms with E-state index in [1.165, 1.54) is 11.2 Å². The van der Waals surface area contributed by atoms with Gasteiger partial charge in [-0.15, -0.1) is 0 Å². The number of oxazole rings is 1. The van der Waals surface area contributed by atoms with E-state index in [0.29, 0.717) is 29.9 Å². The van der Waals surface area contributed by atoms with Crippen molar-refractivity contribution in [2.45, 2.75) is 25.6 Å². The molecule has 7 nitrogen and oxygen atoms in total. The standard InChI is InChI=1S/C20H15F3N4O3/c1-10-3-2-4-11-7-13(30-16(10)11)15-14-12(24-8-25-14)5-6-27(15)19(28)17-18(20(21,22)23)26-9-29-17/h2-4,7-9,15H,5-6H2,1H3,(H,24,25)/t15-/m1/s1. The fraction of sp³-hybridized carbons (Fsp3) is 0.250. The molecule has 4 heterocycles. The molecule has 0 unspecified atom stereocenters. The number of hydrogen-bond donors (Lipinski definition) is 1. The van der Waals surface area contributed by atoms with E-state index in [9.17, 15) is 18.0 Å². The Morgan fingerprint density at radius 2 is 2.13 bits per heavy atom. The van der Waals surface area contributed by atoms with Gasteiger partial charge in [-0.2, -0.15) is 13.2 Å². The summed E-state index contributed by atoms with van der Waals surface area (Å²) in [5, 5.41) is 0.829. The second kappa shape index (κ2) is 6.48. The van der Waals surface area contributed by atoms with Gasteiger partial charge in [-0.1, -0.05) is 18.2 Å². The van der Waals surface area contributed by atoms with E-state index in [2.05, 4.69) is 15.0 Å². The van der Waals surface area contributed by atoms with E-state index in [-0.39, 0.29) is 6.54 Å². The summed E-state index contributed by atoms with van der Waals surface area (Å²) in [7, 11) is 0. The lowest BCUT2D eigenvalue weighted by molar-refractivity contribution is -0.141. The van der Waals surface area contributed by atoms with Crippen LogP contribution in [-0.2, 0) is 12.6 Å². The lowest BCUT2D eigenvalue weighted by atomic mass is 9.99. The number of hydrogen-bond acceptors (Lipinski definition) is 5. The van der Waals surface area contributed by atoms with Crippen LogP contribution >= 0.6 is 0 Å². The van der Waals surface area contributed by atoms with Gasteiger partial charge in [0.25, 0.3) is 5.91 Å². The molecule has 1 aromatic carbocycles. The first-order valence-corrected chi connectivity index (χ1v) is 9.17. The van der Waals surface area contributed by atoms with Crippen LogP contribution in [0, 0.1) is 6.92 Å². The second-order valence-electron chi connectivity index (χ2n) is 7.09. The van der Waals surface area contributed by atoms with Gasteiger partial charge in [-0.3, -0.25) is 4.79 Å². The van der Waals surface area contributed by atoms with Crippen LogP contribution in [0.5, 0.6) is 0 Å². The summed E-state index contributed by atoms with van der Waals surface area (Å²) in [5.41, 5.74) is 1.54. The summed E-state index contributed by atoms with van der Waals surface area (Å²) in [4.78, 5) is 25.0. The highest BCUT2D eigenvalue weighted by molar-refractivity contribution is 5.93. The fourth-order valence-corrected chi connectivity index (χ4v) is 3.88. The Hall–Kier alpha value is -3.56. The summed E-state index contributed by atoms with van der Waals surface area (Å²) < 4.78 is 50.7. The molecule has 0 bridgehead atoms. The molecule has 1 N–H and O–H groups in total. The number of carbonyl (C=O) groups excluding carboxylic acids is 1. The lowest BCUT2D eigenvalue weighted by Gasteiger charge is -2.33. The molecule has 1 amide bonds. The maximum atomic E-state index is 13.3. The predicted molar refractivity (Wildman–Crippen MR) is 97.6 cm³/mol. The summed E-state index contributed by atoms with van der Waals surface area (Å²) in [5.74, 6) is -1.36. The number of alkyl halides is 3. The Balaban J connectivity index is 1.63. The van der Waals surface area contributed by atoms with Crippen LogP contribution in [0.4, 0.5) is 13.2 Å². The maximum Gasteiger partial charge on any atom is 0.437 e. The molecular formula is C20H15F3N4O3. The number of carbonyl (C=O) groups is 1. The van der Waals surface area contributed by atoms with E-state index in [4.69, 9.17) is 8.83 Å². The zero-order chi connectivity index (χ0) is 21.0. The van der Waals surface area contributed by atoms with Crippen molar-refractivity contribution in [3.63, 3.8) is 0 Å². The van der Waals surface area contributed by atoms with Gasteiger partial charge in [0.15, 0.2) is 12.1 Å². The van der Waals surface area contributed by atoms with Crippen molar-refractivity contribution in [1.29, 1.82) is 0 Å². The average Bonchev–Trinajstić information content (AvgIpc) is 3.44. The van der Waals surface area contributed by atoms with Gasteiger partial charge in [0.2, 0.25) is 5.76 Å². The number of nitrogens with one attached hydrogen (secondary N) is 1. The maximum absolute atomic E-state index is 13.3. The fourth-order valence-electron chi connectivity index (χ4n) is 3.88. The van der Waals surface area contributed by atoms with Crippen molar-refractivity contribution in [3.8, 4) is 0 Å². The summed E-state index contributed by atoms with van der Waals surface area (Å²) >= 11 is 0. The number of aromatic nitrogens is 3. The van der Waals surface area contributed by atoms with Crippen LogP contribution < -0.4 is 0 Å². The SMILES string of the molecule is Cc1cccc2cc([C@@H]3c4nc[nH]c4CCN3C(=O)c3ocnc3C(F)(F)F)oc12. The molecule has 1 aliphatic heterocycles. The number of furan rings is 1. The number of amides is 1. The minimum absolute atomic E-state index is 0.159. The van der Waals surface area contributed by atoms with Gasteiger partial charge in [0.05, 0.1) is 12.0 Å². The molecule has 0 fully saturated rings. The molecule has 1 aliphatic rings. The molecule has 154 valence electrons. The summed E-state index contributed by atoms with van der Waals surface area (Å²) in [6.07, 6.45) is -2.28. The molecule has 30 heavy (non-hydrogen) atoms. The highest BCUT2D eigenvalue weighted by atomic mass is 19.4. The van der Waals surface area contributed by atoms with Crippen LogP contribution in [0.1, 0.15) is 45.0 Å². The molecule has 5 rings (SSSR count). The first-order chi connectivity index (χ1) is 14.3. The van der Waals surface area contributed by atoms with Gasteiger partial charge in [-0.05, 0) is 18.6 Å². The monoisotopic (exact) mass is 416 g/mol. The number of fused-ring (bicyclic) bond motifs is 2. The van der Waals surface area contributed by atoms with Gasteiger partial charge in [0.1, 0.15) is 17.4 Å². The van der Waals surface area contributed by atoms with Crippen LogP contribution in [0.2, 0.25) is 0 Å². The van der Waals surface area contributed by atoms with Gasteiger partial charge in [0, 0.05) is 24.0 Å². The zero-order valence-corrected chi connectivity index (χ0v) is 15.7. The molecule has 0 saturated carbocycles. The topological polar surface area (TPSA) is 88.2 Å². The molecule has 1 atom stereocenters. The Labute approximate surface area is 167 Å². The molecule has 3 aromatic heterocycles. The quantitative estimate of drug-likeness (QED) is 0.528. The summed E-state index contributed by atoms with van der Waals surface area (Å²) in [6, 6.07) is 6.62. The van der Waals surface area contributed by atoms with E-state index < -0.39 is 29.6 Å². The minimum Gasteiger partial charge on any atom is -0.458 e. The van der Waals surface area contributed by atoms with Crippen LogP contribution in [0.25, 0.3) is 11.0 Å². The van der Waals surface area contributed by atoms with E-state index in [1.807, 2.05) is 25.1 Å². The first-order valence-electron chi connectivity index (χ1n) is 9.17. The number of aryl methyl sites for hydroxylation is 1. The second-order valence-corrected chi connectivity index (χ2v) is 7.09. The largest absolute Gasteiger partial charge is 0.458 e. The number of imidazole rings is 1. The Bertz CT molecular complexity index is 1250. The molecule has 0 spiro atoms. The van der Waals surface area contributed by atoms with E-state index in [0.717, 1.165) is 16.6 Å². The first kappa shape index (κ1) is 18.5. The lowest BCUT2D eigenvalue weighted by Crippen LogP contribution is -2.41. The number of rotatable bonds is 2. The zero-order valence-electron chi connectivity index (χ0n) is 15.7. The number of benzene rings is 1. The van der Waals surface area contributed by atoms with Crippen molar-refractivity contribution in [1.82, 2.24) is 19.9 Å². The van der Waals surface area contributed by atoms with Crippen molar-refractivity contribution < 1.29 is 26.8 Å². The van der Waals surface area contributed by atoms with Crippen LogP contribution in [0.3, 0.4) is 0 Å². The molecule has 4 aromatic rings. The molecule has 0 radical (unpaired) electrons. The molecule has 0 aliphatic carbocycles. The summed E-state index contributed by atoms with van der Waals surface area (Å²) in [6.45, 7) is 2.05. The van der Waals surface area contributed by atoms with E-state index in [1.54, 1.807) is 6.07 Å². The third-order valence-corrected chi connectivity index (χ3v) is 5.25. The van der Waals surface area contributed by atoms with Crippen LogP contribution in [-0.4, -0.2) is 32.3 Å². The van der Waals surface area contributed by atoms with Crippen molar-refractivity contribution in [3.05, 3.63) is 71.2 Å². The third kappa shape index (κ3) is 2.78. The molecular weight excluding hydrogens is 401 g/mol. The third-order valence-electron chi connectivity index (χ3n) is 5.25. The van der Waals surface area contributed by atoms with Gasteiger partial charge >= 0.3 is 6.18 Å². The number of H-pyrrole nitrogens is 1. The van der Waals surface area contributed by atoms with Crippen molar-refractivity contribution in [2.75, 3.05) is 6.54 Å². The minimum atomic E-state index is -4.81. The Morgan fingerprint density at radius 3 is 2.90 bits per heavy atom. The normalized spacial score (nSPS) is 16.8. The average molecular weight is 416 g/mol. The van der Waals surface area contributed by atoms with Gasteiger partial charge in [-0.25, -0.2) is 9.97 Å². The Morgan fingerprint density at radius 1 is 1.30 bits per heavy atom. The van der Waals surface area contributed by atoms with Crippen LogP contribution in [0.15, 0.2) is 45.8 Å². The predicted octanol–water partition coefficient (Wildman–Crippen LogP) is 4.26. The van der Waals surface area contributed by atoms with Crippen molar-refractivity contribution in [2.24, 2.45) is 0 Å². The number of para-hydroxylation sites is 1. The molecule has 10 heteroatoms. The van der Waals surface area contributed by atoms with Crippen molar-refractivity contribution >= 4 is 16.9 Å². The Kier molecular flexibility index (Phi) is 3.99. The highest BCUT2D eigenvalue weighted by Crippen LogP contribution is 2.39. The smallest absolute Gasteiger partial charge is 0.437 e. The number of halogens is 3. The van der Waals surface area contributed by atoms with Gasteiger partial charge < -0.3 is 18.7 Å². The number of nitrogens with zero attached hydrogens (tertiary/aromatic N) is 3. The van der Waals surface area contributed by atoms with E-state index >= 15 is 0 Å². The molecule has 0 saturated heterocycles.